The lowest BCUT2D eigenvalue weighted by Crippen LogP contribution is -2.19. The first-order chi connectivity index (χ1) is 8.95. The number of rotatable bonds is 7. The van der Waals surface area contributed by atoms with Gasteiger partial charge in [0, 0.05) is 5.56 Å². The van der Waals surface area contributed by atoms with Gasteiger partial charge in [0.05, 0.1) is 0 Å². The molecule has 1 rings (SSSR count). The van der Waals surface area contributed by atoms with Gasteiger partial charge in [0.15, 0.2) is 5.30 Å². The molecule has 0 aliphatic carbocycles. The van der Waals surface area contributed by atoms with E-state index in [1.165, 1.54) is 11.1 Å². The third-order valence-electron chi connectivity index (χ3n) is 3.35. The van der Waals surface area contributed by atoms with Crippen molar-refractivity contribution in [2.75, 3.05) is 0 Å². The summed E-state index contributed by atoms with van der Waals surface area (Å²) in [7, 11) is -3.92. The van der Waals surface area contributed by atoms with Gasteiger partial charge < -0.3 is 0 Å². The molecule has 1 aromatic rings. The predicted octanol–water partition coefficient (Wildman–Crippen LogP) is 2.91. The highest BCUT2D eigenvalue weighted by atomic mass is 31.2. The Hall–Kier alpha value is -0.470. The summed E-state index contributed by atoms with van der Waals surface area (Å²) < 4.78 is 0. The SMILES string of the molecule is CCCc1ccc([P+](O)(O)O)c(CCC)c1CCC. The molecule has 0 saturated carbocycles. The Labute approximate surface area is 116 Å². The van der Waals surface area contributed by atoms with Crippen LogP contribution in [0.3, 0.4) is 0 Å². The van der Waals surface area contributed by atoms with Crippen LogP contribution in [0.1, 0.15) is 56.7 Å². The van der Waals surface area contributed by atoms with Crippen LogP contribution < -0.4 is 5.30 Å². The van der Waals surface area contributed by atoms with E-state index in [0.717, 1.165) is 44.1 Å². The van der Waals surface area contributed by atoms with Gasteiger partial charge in [-0.3, -0.25) is 0 Å². The summed E-state index contributed by atoms with van der Waals surface area (Å²) in [4.78, 5) is 28.9. The maximum atomic E-state index is 9.63. The third kappa shape index (κ3) is 4.25. The van der Waals surface area contributed by atoms with Gasteiger partial charge in [0.25, 0.3) is 0 Å². The molecule has 0 saturated heterocycles. The second kappa shape index (κ2) is 7.35. The monoisotopic (exact) mass is 285 g/mol. The van der Waals surface area contributed by atoms with E-state index in [1.54, 1.807) is 6.07 Å². The predicted molar refractivity (Wildman–Crippen MR) is 81.6 cm³/mol. The lowest BCUT2D eigenvalue weighted by atomic mass is 9.92. The van der Waals surface area contributed by atoms with E-state index in [-0.39, 0.29) is 0 Å². The van der Waals surface area contributed by atoms with Crippen molar-refractivity contribution in [1.82, 2.24) is 0 Å². The zero-order valence-corrected chi connectivity index (χ0v) is 13.1. The first-order valence-electron chi connectivity index (χ1n) is 7.17. The molecule has 19 heavy (non-hydrogen) atoms. The van der Waals surface area contributed by atoms with Gasteiger partial charge in [0.1, 0.15) is 0 Å². The maximum absolute atomic E-state index is 9.63. The minimum Gasteiger partial charge on any atom is -0.189 e. The molecule has 0 aliphatic rings. The molecular formula is C15H26O3P+. The number of benzene rings is 1. The van der Waals surface area contributed by atoms with E-state index in [0.29, 0.717) is 5.30 Å². The van der Waals surface area contributed by atoms with E-state index in [9.17, 15) is 14.7 Å². The highest BCUT2D eigenvalue weighted by Gasteiger charge is 2.37. The minimum atomic E-state index is -3.92. The molecule has 4 heteroatoms. The highest BCUT2D eigenvalue weighted by Crippen LogP contribution is 2.45. The quantitative estimate of drug-likeness (QED) is 0.675. The Bertz CT molecular complexity index is 411. The molecule has 0 unspecified atom stereocenters. The summed E-state index contributed by atoms with van der Waals surface area (Å²) in [6, 6.07) is 3.64. The molecule has 0 aliphatic heterocycles. The fourth-order valence-electron chi connectivity index (χ4n) is 2.60. The van der Waals surface area contributed by atoms with E-state index in [4.69, 9.17) is 0 Å². The smallest absolute Gasteiger partial charge is 0.189 e. The summed E-state index contributed by atoms with van der Waals surface area (Å²) >= 11 is 0. The van der Waals surface area contributed by atoms with Gasteiger partial charge >= 0.3 is 7.94 Å². The standard InChI is InChI=1S/C15H26O3P/c1-4-7-12-10-11-15(19(16,17)18)14(9-6-3)13(12)8-5-2/h10-11,16-18H,4-9H2,1-3H3/q+1. The zero-order chi connectivity index (χ0) is 14.5. The molecule has 3 N–H and O–H groups in total. The van der Waals surface area contributed by atoms with Crippen LogP contribution in [0.15, 0.2) is 12.1 Å². The van der Waals surface area contributed by atoms with Crippen LogP contribution in [0.5, 0.6) is 0 Å². The van der Waals surface area contributed by atoms with Crippen LogP contribution in [0.4, 0.5) is 0 Å². The molecule has 0 radical (unpaired) electrons. The number of hydrogen-bond donors (Lipinski definition) is 3. The molecular weight excluding hydrogens is 259 g/mol. The topological polar surface area (TPSA) is 60.7 Å². The molecule has 0 atom stereocenters. The van der Waals surface area contributed by atoms with Crippen molar-refractivity contribution >= 4 is 13.2 Å². The van der Waals surface area contributed by atoms with E-state index < -0.39 is 7.94 Å². The lowest BCUT2D eigenvalue weighted by molar-refractivity contribution is 0.346. The zero-order valence-electron chi connectivity index (χ0n) is 12.2. The lowest BCUT2D eigenvalue weighted by Gasteiger charge is -2.17. The summed E-state index contributed by atoms with van der Waals surface area (Å²) in [6.45, 7) is 6.33. The molecule has 108 valence electrons. The van der Waals surface area contributed by atoms with Crippen molar-refractivity contribution in [2.45, 2.75) is 59.3 Å². The van der Waals surface area contributed by atoms with Crippen LogP contribution >= 0.6 is 7.94 Å². The molecule has 3 nitrogen and oxygen atoms in total. The van der Waals surface area contributed by atoms with Crippen molar-refractivity contribution in [1.29, 1.82) is 0 Å². The second-order valence-corrected chi connectivity index (χ2v) is 6.64. The van der Waals surface area contributed by atoms with Crippen LogP contribution in [0.2, 0.25) is 0 Å². The van der Waals surface area contributed by atoms with Gasteiger partial charge in [-0.15, -0.1) is 0 Å². The molecule has 0 aromatic heterocycles. The maximum Gasteiger partial charge on any atom is 0.441 e. The first-order valence-corrected chi connectivity index (χ1v) is 8.81. The summed E-state index contributed by atoms with van der Waals surface area (Å²) in [5.41, 5.74) is 3.45. The normalized spacial score (nSPS) is 11.9. The molecule has 0 amide bonds. The molecule has 0 bridgehead atoms. The van der Waals surface area contributed by atoms with E-state index in [2.05, 4.69) is 20.8 Å². The Morgan fingerprint density at radius 3 is 1.79 bits per heavy atom. The summed E-state index contributed by atoms with van der Waals surface area (Å²) in [5, 5.41) is 0.345. The van der Waals surface area contributed by atoms with E-state index in [1.807, 2.05) is 6.07 Å². The van der Waals surface area contributed by atoms with Crippen molar-refractivity contribution in [3.63, 3.8) is 0 Å². The second-order valence-electron chi connectivity index (χ2n) is 5.02. The van der Waals surface area contributed by atoms with Gasteiger partial charge in [0.2, 0.25) is 0 Å². The van der Waals surface area contributed by atoms with Gasteiger partial charge in [-0.05, 0) is 36.5 Å². The Balaban J connectivity index is 3.39. The number of aryl methyl sites for hydroxylation is 1. The Kier molecular flexibility index (Phi) is 6.41. The highest BCUT2D eigenvalue weighted by molar-refractivity contribution is 7.66. The summed E-state index contributed by atoms with van der Waals surface area (Å²) in [5.74, 6) is 0. The van der Waals surface area contributed by atoms with Crippen LogP contribution in [-0.4, -0.2) is 14.7 Å². The Morgan fingerprint density at radius 2 is 1.32 bits per heavy atom. The van der Waals surface area contributed by atoms with Crippen molar-refractivity contribution in [3.8, 4) is 0 Å². The van der Waals surface area contributed by atoms with Crippen molar-refractivity contribution in [3.05, 3.63) is 28.8 Å². The summed E-state index contributed by atoms with van der Waals surface area (Å²) in [6.07, 6.45) is 5.73. The van der Waals surface area contributed by atoms with Gasteiger partial charge in [-0.25, -0.2) is 0 Å². The molecule has 0 fully saturated rings. The van der Waals surface area contributed by atoms with Crippen LogP contribution in [-0.2, 0) is 19.3 Å². The fraction of sp³-hybridized carbons (Fsp3) is 0.600. The average molecular weight is 285 g/mol. The largest absolute Gasteiger partial charge is 0.441 e. The van der Waals surface area contributed by atoms with Gasteiger partial charge in [-0.1, -0.05) is 46.1 Å². The molecule has 0 heterocycles. The van der Waals surface area contributed by atoms with Gasteiger partial charge in [-0.2, -0.15) is 14.7 Å². The van der Waals surface area contributed by atoms with Crippen LogP contribution in [0, 0.1) is 0 Å². The first kappa shape index (κ1) is 16.6. The fourth-order valence-corrected chi connectivity index (χ4v) is 3.49. The molecule has 1 aromatic carbocycles. The minimum absolute atomic E-state index is 0.345. The third-order valence-corrected chi connectivity index (χ3v) is 4.41. The van der Waals surface area contributed by atoms with Crippen LogP contribution in [0.25, 0.3) is 0 Å². The average Bonchev–Trinajstić information content (AvgIpc) is 2.32. The Morgan fingerprint density at radius 1 is 0.789 bits per heavy atom. The number of hydrogen-bond acceptors (Lipinski definition) is 3. The molecule has 0 spiro atoms. The van der Waals surface area contributed by atoms with E-state index >= 15 is 0 Å². The van der Waals surface area contributed by atoms with Crippen molar-refractivity contribution < 1.29 is 14.7 Å². The van der Waals surface area contributed by atoms with Crippen molar-refractivity contribution in [2.24, 2.45) is 0 Å².